The summed E-state index contributed by atoms with van der Waals surface area (Å²) in [7, 11) is -7.31. The minimum Gasteiger partial charge on any atom is -0.325 e. The van der Waals surface area contributed by atoms with E-state index in [-0.39, 0.29) is 21.4 Å². The maximum atomic E-state index is 12.7. The standard InChI is InChI=1S/C16H23ClN2O5S2/c1-3-10-25(21,22)12(2)16(20)18-13-6-7-14(17)15(11-13)26(23,24)19-8-4-5-9-19/h6-7,11-12H,3-5,8-10H2,1-2H3,(H,18,20). The third kappa shape index (κ3) is 4.57. The first kappa shape index (κ1) is 21.1. The van der Waals surface area contributed by atoms with Crippen LogP contribution < -0.4 is 5.32 Å². The summed E-state index contributed by atoms with van der Waals surface area (Å²) in [5.41, 5.74) is 0.190. The average molecular weight is 423 g/mol. The highest BCUT2D eigenvalue weighted by Gasteiger charge is 2.30. The molecule has 1 aromatic rings. The number of nitrogens with one attached hydrogen (secondary N) is 1. The molecule has 1 N–H and O–H groups in total. The number of benzene rings is 1. The van der Waals surface area contributed by atoms with Crippen molar-refractivity contribution in [1.82, 2.24) is 4.31 Å². The molecule has 1 unspecified atom stereocenters. The lowest BCUT2D eigenvalue weighted by Gasteiger charge is -2.18. The summed E-state index contributed by atoms with van der Waals surface area (Å²) in [6.07, 6.45) is 2.00. The normalized spacial score (nSPS) is 17.2. The van der Waals surface area contributed by atoms with Crippen molar-refractivity contribution in [3.63, 3.8) is 0 Å². The van der Waals surface area contributed by atoms with Crippen LogP contribution in [0.3, 0.4) is 0 Å². The van der Waals surface area contributed by atoms with E-state index in [9.17, 15) is 21.6 Å². The van der Waals surface area contributed by atoms with Crippen LogP contribution in [0, 0.1) is 0 Å². The van der Waals surface area contributed by atoms with Crippen molar-refractivity contribution in [1.29, 1.82) is 0 Å². The van der Waals surface area contributed by atoms with Crippen LogP contribution in [-0.4, -0.2) is 51.1 Å². The van der Waals surface area contributed by atoms with E-state index >= 15 is 0 Å². The maximum absolute atomic E-state index is 12.7. The van der Waals surface area contributed by atoms with Gasteiger partial charge in [0.2, 0.25) is 15.9 Å². The summed E-state index contributed by atoms with van der Waals surface area (Å²) in [5.74, 6) is -0.790. The van der Waals surface area contributed by atoms with Gasteiger partial charge < -0.3 is 5.32 Å². The molecule has 0 radical (unpaired) electrons. The molecule has 0 aromatic heterocycles. The van der Waals surface area contributed by atoms with E-state index in [0.29, 0.717) is 19.5 Å². The molecule has 0 spiro atoms. The summed E-state index contributed by atoms with van der Waals surface area (Å²) in [5, 5.41) is 1.31. The Hall–Kier alpha value is -1.16. The number of halogens is 1. The third-order valence-electron chi connectivity index (χ3n) is 4.28. The van der Waals surface area contributed by atoms with E-state index in [1.54, 1.807) is 6.92 Å². The lowest BCUT2D eigenvalue weighted by atomic mass is 10.3. The van der Waals surface area contributed by atoms with E-state index < -0.39 is 31.0 Å². The van der Waals surface area contributed by atoms with Crippen LogP contribution in [0.15, 0.2) is 23.1 Å². The van der Waals surface area contributed by atoms with Crippen molar-refractivity contribution in [2.45, 2.75) is 43.3 Å². The molecule has 1 fully saturated rings. The fourth-order valence-electron chi connectivity index (χ4n) is 2.71. The monoisotopic (exact) mass is 422 g/mol. The number of anilines is 1. The minimum absolute atomic E-state index is 0.0570. The zero-order valence-electron chi connectivity index (χ0n) is 14.7. The van der Waals surface area contributed by atoms with Crippen LogP contribution in [0.2, 0.25) is 5.02 Å². The Bertz CT molecular complexity index is 878. The largest absolute Gasteiger partial charge is 0.325 e. The van der Waals surface area contributed by atoms with Crippen molar-refractivity contribution in [3.8, 4) is 0 Å². The maximum Gasteiger partial charge on any atom is 0.244 e. The second-order valence-corrected chi connectivity index (χ2v) is 11.0. The van der Waals surface area contributed by atoms with Gasteiger partial charge in [-0.2, -0.15) is 4.31 Å². The van der Waals surface area contributed by atoms with Gasteiger partial charge in [0, 0.05) is 18.8 Å². The highest BCUT2D eigenvalue weighted by Crippen LogP contribution is 2.29. The second-order valence-electron chi connectivity index (χ2n) is 6.25. The van der Waals surface area contributed by atoms with Crippen LogP contribution in [0.1, 0.15) is 33.1 Å². The van der Waals surface area contributed by atoms with Gasteiger partial charge in [-0.1, -0.05) is 18.5 Å². The number of hydrogen-bond acceptors (Lipinski definition) is 5. The Morgan fingerprint density at radius 1 is 1.23 bits per heavy atom. The number of sulfone groups is 1. The molecule has 1 saturated heterocycles. The van der Waals surface area contributed by atoms with Gasteiger partial charge in [-0.15, -0.1) is 0 Å². The van der Waals surface area contributed by atoms with Gasteiger partial charge in [-0.05, 0) is 44.4 Å². The Balaban J connectivity index is 2.26. The third-order valence-corrected chi connectivity index (χ3v) is 8.93. The van der Waals surface area contributed by atoms with E-state index in [0.717, 1.165) is 12.8 Å². The number of nitrogens with zero attached hydrogens (tertiary/aromatic N) is 1. The molecule has 1 aliphatic heterocycles. The first-order valence-corrected chi connectivity index (χ1v) is 11.9. The molecule has 7 nitrogen and oxygen atoms in total. The molecule has 1 aromatic carbocycles. The number of hydrogen-bond donors (Lipinski definition) is 1. The number of amides is 1. The highest BCUT2D eigenvalue weighted by atomic mass is 35.5. The number of carbonyl (C=O) groups excluding carboxylic acids is 1. The molecule has 2 rings (SSSR count). The average Bonchev–Trinajstić information content (AvgIpc) is 3.11. The topological polar surface area (TPSA) is 101 Å². The van der Waals surface area contributed by atoms with Gasteiger partial charge in [-0.3, -0.25) is 4.79 Å². The van der Waals surface area contributed by atoms with E-state index in [1.165, 1.54) is 29.4 Å². The van der Waals surface area contributed by atoms with Gasteiger partial charge >= 0.3 is 0 Å². The predicted octanol–water partition coefficient (Wildman–Crippen LogP) is 2.28. The molecule has 0 bridgehead atoms. The van der Waals surface area contributed by atoms with Crippen LogP contribution in [0.4, 0.5) is 5.69 Å². The van der Waals surface area contributed by atoms with Crippen LogP contribution in [-0.2, 0) is 24.7 Å². The fraction of sp³-hybridized carbons (Fsp3) is 0.562. The quantitative estimate of drug-likeness (QED) is 0.726. The lowest BCUT2D eigenvalue weighted by Crippen LogP contribution is -2.34. The Kier molecular flexibility index (Phi) is 6.70. The minimum atomic E-state index is -3.75. The molecule has 26 heavy (non-hydrogen) atoms. The Morgan fingerprint density at radius 2 is 1.85 bits per heavy atom. The molecule has 1 atom stereocenters. The lowest BCUT2D eigenvalue weighted by molar-refractivity contribution is -0.115. The SMILES string of the molecule is CCCS(=O)(=O)C(C)C(=O)Nc1ccc(Cl)c(S(=O)(=O)N2CCCC2)c1. The van der Waals surface area contributed by atoms with Crippen LogP contribution in [0.5, 0.6) is 0 Å². The summed E-state index contributed by atoms with van der Waals surface area (Å²) in [4.78, 5) is 12.2. The zero-order chi connectivity index (χ0) is 19.5. The van der Waals surface area contributed by atoms with Gasteiger partial charge in [0.1, 0.15) is 10.1 Å². The Labute approximate surface area is 159 Å². The molecule has 10 heteroatoms. The van der Waals surface area contributed by atoms with Crippen molar-refractivity contribution in [2.24, 2.45) is 0 Å². The number of sulfonamides is 1. The molecular formula is C16H23ClN2O5S2. The number of rotatable bonds is 7. The predicted molar refractivity (Wildman–Crippen MR) is 102 cm³/mol. The van der Waals surface area contributed by atoms with Gasteiger partial charge in [0.05, 0.1) is 10.8 Å². The molecule has 0 aliphatic carbocycles. The van der Waals surface area contributed by atoms with Crippen molar-refractivity contribution >= 4 is 43.1 Å². The van der Waals surface area contributed by atoms with E-state index in [4.69, 9.17) is 11.6 Å². The molecule has 1 aliphatic rings. The first-order valence-electron chi connectivity index (χ1n) is 8.41. The van der Waals surface area contributed by atoms with Crippen molar-refractivity contribution in [2.75, 3.05) is 24.2 Å². The van der Waals surface area contributed by atoms with Gasteiger partial charge in [0.15, 0.2) is 9.84 Å². The summed E-state index contributed by atoms with van der Waals surface area (Å²) in [6, 6.07) is 4.10. The highest BCUT2D eigenvalue weighted by molar-refractivity contribution is 7.92. The summed E-state index contributed by atoms with van der Waals surface area (Å²) < 4.78 is 50.8. The van der Waals surface area contributed by atoms with Crippen LogP contribution >= 0.6 is 11.6 Å². The van der Waals surface area contributed by atoms with E-state index in [2.05, 4.69) is 5.32 Å². The first-order chi connectivity index (χ1) is 12.1. The molecular weight excluding hydrogens is 400 g/mol. The number of carbonyl (C=O) groups is 1. The molecule has 1 amide bonds. The molecule has 0 saturated carbocycles. The Morgan fingerprint density at radius 3 is 2.42 bits per heavy atom. The van der Waals surface area contributed by atoms with Gasteiger partial charge in [0.25, 0.3) is 0 Å². The van der Waals surface area contributed by atoms with Crippen LogP contribution in [0.25, 0.3) is 0 Å². The van der Waals surface area contributed by atoms with Gasteiger partial charge in [-0.25, -0.2) is 16.8 Å². The van der Waals surface area contributed by atoms with Crippen molar-refractivity contribution in [3.05, 3.63) is 23.2 Å². The molecule has 146 valence electrons. The van der Waals surface area contributed by atoms with E-state index in [1.807, 2.05) is 0 Å². The zero-order valence-corrected chi connectivity index (χ0v) is 17.1. The van der Waals surface area contributed by atoms with Crippen molar-refractivity contribution < 1.29 is 21.6 Å². The molecule has 1 heterocycles. The summed E-state index contributed by atoms with van der Waals surface area (Å²) in [6.45, 7) is 3.90. The smallest absolute Gasteiger partial charge is 0.244 e. The summed E-state index contributed by atoms with van der Waals surface area (Å²) >= 11 is 6.06. The second kappa shape index (κ2) is 8.24. The fourth-order valence-corrected chi connectivity index (χ4v) is 6.04.